The summed E-state index contributed by atoms with van der Waals surface area (Å²) in [5.74, 6) is 0.0460. The molecule has 0 fully saturated rings. The Morgan fingerprint density at radius 3 is 2.19 bits per heavy atom. The van der Waals surface area contributed by atoms with Gasteiger partial charge < -0.3 is 15.4 Å². The fraction of sp³-hybridized carbons (Fsp3) is 0.435. The van der Waals surface area contributed by atoms with E-state index in [0.717, 1.165) is 16.7 Å². The van der Waals surface area contributed by atoms with E-state index < -0.39 is 13.0 Å². The highest BCUT2D eigenvalue weighted by Crippen LogP contribution is 2.28. The van der Waals surface area contributed by atoms with Gasteiger partial charge in [-0.3, -0.25) is 9.59 Å². The number of carbonyl (C=O) groups is 2. The number of aromatic nitrogens is 1. The summed E-state index contributed by atoms with van der Waals surface area (Å²) in [5, 5.41) is 5.63. The highest BCUT2D eigenvalue weighted by molar-refractivity contribution is 5.97. The minimum Gasteiger partial charge on any atom is -0.487 e. The summed E-state index contributed by atoms with van der Waals surface area (Å²) in [5.41, 5.74) is 3.24. The summed E-state index contributed by atoms with van der Waals surface area (Å²) in [6, 6.07) is 6.46. The molecule has 0 aliphatic rings. The van der Waals surface area contributed by atoms with Crippen LogP contribution in [0.25, 0.3) is 0 Å². The second-order valence-corrected chi connectivity index (χ2v) is 7.91. The first-order valence-electron chi connectivity index (χ1n) is 10.1. The summed E-state index contributed by atoms with van der Waals surface area (Å²) in [6.45, 7) is 10.0. The number of anilines is 1. The third-order valence-corrected chi connectivity index (χ3v) is 4.68. The molecule has 6 nitrogen and oxygen atoms in total. The summed E-state index contributed by atoms with van der Waals surface area (Å²) in [7, 11) is 0. The van der Waals surface area contributed by atoms with Gasteiger partial charge in [0.25, 0.3) is 12.3 Å². The SMILES string of the molecule is Cc1cc(C(=O)NC(C)c2cc(C)c(OCC(F)F)c(C)c2)cc(NC(=O)C(C)C)n1. The van der Waals surface area contributed by atoms with E-state index >= 15 is 0 Å². The molecule has 2 N–H and O–H groups in total. The number of aryl methyl sites for hydroxylation is 3. The van der Waals surface area contributed by atoms with Crippen molar-refractivity contribution in [1.82, 2.24) is 10.3 Å². The van der Waals surface area contributed by atoms with Crippen LogP contribution in [0.4, 0.5) is 14.6 Å². The lowest BCUT2D eigenvalue weighted by atomic mass is 10.0. The minimum atomic E-state index is -2.55. The molecule has 0 radical (unpaired) electrons. The van der Waals surface area contributed by atoms with Crippen LogP contribution in [0.1, 0.15) is 59.6 Å². The first kappa shape index (κ1) is 24.2. The molecule has 0 saturated carbocycles. The highest BCUT2D eigenvalue weighted by Gasteiger charge is 2.17. The van der Waals surface area contributed by atoms with Crippen molar-refractivity contribution in [2.45, 2.75) is 54.0 Å². The summed E-state index contributed by atoms with van der Waals surface area (Å²) in [4.78, 5) is 29.0. The molecule has 1 aromatic carbocycles. The van der Waals surface area contributed by atoms with E-state index in [9.17, 15) is 18.4 Å². The van der Waals surface area contributed by atoms with Crippen LogP contribution in [0.15, 0.2) is 24.3 Å². The van der Waals surface area contributed by atoms with Crippen LogP contribution >= 0.6 is 0 Å². The molecule has 168 valence electrons. The Morgan fingerprint density at radius 1 is 1.03 bits per heavy atom. The normalized spacial score (nSPS) is 12.1. The Labute approximate surface area is 181 Å². The van der Waals surface area contributed by atoms with Crippen LogP contribution in [0, 0.1) is 26.7 Å². The molecule has 0 aliphatic heterocycles. The van der Waals surface area contributed by atoms with Crippen molar-refractivity contribution in [2.75, 3.05) is 11.9 Å². The zero-order chi connectivity index (χ0) is 23.3. The van der Waals surface area contributed by atoms with E-state index in [1.165, 1.54) is 6.07 Å². The second-order valence-electron chi connectivity index (χ2n) is 7.91. The Bertz CT molecular complexity index is 938. The number of pyridine rings is 1. The predicted molar refractivity (Wildman–Crippen MR) is 116 cm³/mol. The number of hydrogen-bond acceptors (Lipinski definition) is 4. The smallest absolute Gasteiger partial charge is 0.272 e. The van der Waals surface area contributed by atoms with Crippen molar-refractivity contribution in [3.63, 3.8) is 0 Å². The van der Waals surface area contributed by atoms with Crippen molar-refractivity contribution < 1.29 is 23.1 Å². The Hall–Kier alpha value is -3.03. The maximum absolute atomic E-state index is 12.8. The van der Waals surface area contributed by atoms with Gasteiger partial charge >= 0.3 is 0 Å². The number of benzene rings is 1. The lowest BCUT2D eigenvalue weighted by molar-refractivity contribution is -0.118. The molecular formula is C23H29F2N3O3. The van der Waals surface area contributed by atoms with Gasteiger partial charge in [0.15, 0.2) is 0 Å². The van der Waals surface area contributed by atoms with Crippen molar-refractivity contribution in [3.05, 3.63) is 52.2 Å². The lowest BCUT2D eigenvalue weighted by Gasteiger charge is -2.19. The van der Waals surface area contributed by atoms with Crippen LogP contribution in [0.2, 0.25) is 0 Å². The standard InChI is InChI=1S/C23H29F2N3O3/c1-12(2)22(29)28-20-10-18(9-15(5)26-20)23(30)27-16(6)17-7-13(3)21(14(4)8-17)31-11-19(24)25/h7-10,12,16,19H,11H2,1-6H3,(H,27,30)(H,26,28,29). The Kier molecular flexibility index (Phi) is 8.08. The monoisotopic (exact) mass is 433 g/mol. The lowest BCUT2D eigenvalue weighted by Crippen LogP contribution is -2.27. The average molecular weight is 433 g/mol. The zero-order valence-corrected chi connectivity index (χ0v) is 18.7. The highest BCUT2D eigenvalue weighted by atomic mass is 19.3. The molecule has 2 aromatic rings. The van der Waals surface area contributed by atoms with Gasteiger partial charge in [-0.25, -0.2) is 13.8 Å². The van der Waals surface area contributed by atoms with E-state index in [-0.39, 0.29) is 23.8 Å². The molecule has 1 unspecified atom stereocenters. The second kappa shape index (κ2) is 10.3. The van der Waals surface area contributed by atoms with E-state index in [4.69, 9.17) is 4.74 Å². The maximum atomic E-state index is 12.8. The van der Waals surface area contributed by atoms with Crippen molar-refractivity contribution in [2.24, 2.45) is 5.92 Å². The topological polar surface area (TPSA) is 80.3 Å². The first-order valence-corrected chi connectivity index (χ1v) is 10.1. The predicted octanol–water partition coefficient (Wildman–Crippen LogP) is 4.74. The van der Waals surface area contributed by atoms with Crippen LogP contribution in [0.3, 0.4) is 0 Å². The third kappa shape index (κ3) is 6.73. The van der Waals surface area contributed by atoms with E-state index in [0.29, 0.717) is 22.8 Å². The summed E-state index contributed by atoms with van der Waals surface area (Å²) < 4.78 is 30.1. The maximum Gasteiger partial charge on any atom is 0.272 e. The number of nitrogens with zero attached hydrogens (tertiary/aromatic N) is 1. The van der Waals surface area contributed by atoms with Gasteiger partial charge in [0, 0.05) is 17.2 Å². The van der Waals surface area contributed by atoms with Crippen molar-refractivity contribution >= 4 is 17.6 Å². The number of carbonyl (C=O) groups excluding carboxylic acids is 2. The fourth-order valence-corrected chi connectivity index (χ4v) is 3.11. The number of rotatable bonds is 8. The van der Waals surface area contributed by atoms with Gasteiger partial charge in [0.1, 0.15) is 18.2 Å². The van der Waals surface area contributed by atoms with Crippen molar-refractivity contribution in [3.8, 4) is 5.75 Å². The first-order chi connectivity index (χ1) is 14.5. The van der Waals surface area contributed by atoms with Crippen LogP contribution in [0.5, 0.6) is 5.75 Å². The summed E-state index contributed by atoms with van der Waals surface area (Å²) in [6.07, 6.45) is -2.55. The zero-order valence-electron chi connectivity index (χ0n) is 18.7. The number of ether oxygens (including phenoxy) is 1. The minimum absolute atomic E-state index is 0.182. The molecule has 1 heterocycles. The van der Waals surface area contributed by atoms with Gasteiger partial charge in [-0.05, 0) is 56.5 Å². The van der Waals surface area contributed by atoms with Gasteiger partial charge in [0.2, 0.25) is 5.91 Å². The summed E-state index contributed by atoms with van der Waals surface area (Å²) >= 11 is 0. The fourth-order valence-electron chi connectivity index (χ4n) is 3.11. The molecule has 8 heteroatoms. The van der Waals surface area contributed by atoms with E-state index in [2.05, 4.69) is 15.6 Å². The number of amides is 2. The molecule has 31 heavy (non-hydrogen) atoms. The van der Waals surface area contributed by atoms with E-state index in [1.54, 1.807) is 40.7 Å². The van der Waals surface area contributed by atoms with Crippen LogP contribution in [-0.2, 0) is 4.79 Å². The van der Waals surface area contributed by atoms with Crippen LogP contribution in [-0.4, -0.2) is 29.8 Å². The average Bonchev–Trinajstić information content (AvgIpc) is 2.66. The van der Waals surface area contributed by atoms with Gasteiger partial charge in [-0.2, -0.15) is 0 Å². The quantitative estimate of drug-likeness (QED) is 0.630. The molecule has 1 atom stereocenters. The Balaban J connectivity index is 2.17. The van der Waals surface area contributed by atoms with Gasteiger partial charge in [-0.1, -0.05) is 26.0 Å². The third-order valence-electron chi connectivity index (χ3n) is 4.68. The molecule has 0 saturated heterocycles. The number of halogens is 2. The largest absolute Gasteiger partial charge is 0.487 e. The molecule has 2 amide bonds. The molecular weight excluding hydrogens is 404 g/mol. The molecule has 0 spiro atoms. The Morgan fingerprint density at radius 2 is 1.65 bits per heavy atom. The number of hydrogen-bond donors (Lipinski definition) is 2. The van der Waals surface area contributed by atoms with Gasteiger partial charge in [-0.15, -0.1) is 0 Å². The van der Waals surface area contributed by atoms with Crippen molar-refractivity contribution in [1.29, 1.82) is 0 Å². The molecule has 2 rings (SSSR count). The number of alkyl halides is 2. The number of nitrogens with one attached hydrogen (secondary N) is 2. The molecule has 0 aliphatic carbocycles. The van der Waals surface area contributed by atoms with Crippen LogP contribution < -0.4 is 15.4 Å². The molecule has 1 aromatic heterocycles. The van der Waals surface area contributed by atoms with Gasteiger partial charge in [0.05, 0.1) is 6.04 Å². The molecule has 0 bridgehead atoms. The van der Waals surface area contributed by atoms with E-state index in [1.807, 2.05) is 19.1 Å².